The summed E-state index contributed by atoms with van der Waals surface area (Å²) in [4.78, 5) is 16.1. The van der Waals surface area contributed by atoms with E-state index in [4.69, 9.17) is 11.6 Å². The highest BCUT2D eigenvalue weighted by Crippen LogP contribution is 2.13. The molecule has 1 aromatic carbocycles. The Labute approximate surface area is 146 Å². The molecular weight excluding hydrogens is 380 g/mol. The first-order valence-electron chi connectivity index (χ1n) is 6.81. The molecule has 0 aliphatic rings. The standard InChI is InChI=1S/C16H12BrClN4O/c17-12-1-6-15(19-9-12)16(23)20-7-11-8-21-22(10-11)14-4-2-13(18)3-5-14/h1-6,8-10H,7H2,(H,20,23). The lowest BCUT2D eigenvalue weighted by Crippen LogP contribution is -2.23. The molecule has 7 heteroatoms. The van der Waals surface area contributed by atoms with Gasteiger partial charge < -0.3 is 5.32 Å². The van der Waals surface area contributed by atoms with Crippen LogP contribution in [-0.2, 0) is 6.54 Å². The van der Waals surface area contributed by atoms with Gasteiger partial charge in [-0.25, -0.2) is 9.67 Å². The average Bonchev–Trinajstić information content (AvgIpc) is 3.03. The number of carbonyl (C=O) groups excluding carboxylic acids is 1. The molecule has 0 aliphatic heterocycles. The quantitative estimate of drug-likeness (QED) is 0.739. The SMILES string of the molecule is O=C(NCc1cnn(-c2ccc(Cl)cc2)c1)c1ccc(Br)cn1. The number of rotatable bonds is 4. The number of carbonyl (C=O) groups is 1. The monoisotopic (exact) mass is 390 g/mol. The fraction of sp³-hybridized carbons (Fsp3) is 0.0625. The van der Waals surface area contributed by atoms with Crippen molar-refractivity contribution in [3.63, 3.8) is 0 Å². The third kappa shape index (κ3) is 3.97. The molecule has 3 aromatic rings. The second-order valence-corrected chi connectivity index (χ2v) is 6.17. The molecule has 1 amide bonds. The topological polar surface area (TPSA) is 59.8 Å². The Balaban J connectivity index is 1.64. The van der Waals surface area contributed by atoms with Crippen molar-refractivity contribution in [3.05, 3.63) is 75.7 Å². The van der Waals surface area contributed by atoms with Gasteiger partial charge in [0.1, 0.15) is 5.69 Å². The molecule has 3 rings (SSSR count). The summed E-state index contributed by atoms with van der Waals surface area (Å²) < 4.78 is 2.56. The van der Waals surface area contributed by atoms with Gasteiger partial charge in [-0.2, -0.15) is 5.10 Å². The highest BCUT2D eigenvalue weighted by molar-refractivity contribution is 9.10. The summed E-state index contributed by atoms with van der Waals surface area (Å²) in [5, 5.41) is 7.77. The van der Waals surface area contributed by atoms with Gasteiger partial charge in [-0.1, -0.05) is 11.6 Å². The summed E-state index contributed by atoms with van der Waals surface area (Å²) in [6.07, 6.45) is 5.16. The molecule has 1 N–H and O–H groups in total. The smallest absolute Gasteiger partial charge is 0.270 e. The van der Waals surface area contributed by atoms with Crippen LogP contribution in [0.3, 0.4) is 0 Å². The van der Waals surface area contributed by atoms with Crippen LogP contribution >= 0.6 is 27.5 Å². The minimum Gasteiger partial charge on any atom is -0.347 e. The molecule has 0 saturated heterocycles. The third-order valence-corrected chi connectivity index (χ3v) is 3.86. The number of hydrogen-bond acceptors (Lipinski definition) is 3. The van der Waals surface area contributed by atoms with Gasteiger partial charge in [-0.15, -0.1) is 0 Å². The highest BCUT2D eigenvalue weighted by atomic mass is 79.9. The lowest BCUT2D eigenvalue weighted by Gasteiger charge is -2.03. The molecule has 116 valence electrons. The molecule has 0 spiro atoms. The van der Waals surface area contributed by atoms with Crippen LogP contribution < -0.4 is 5.32 Å². The molecular formula is C16H12BrClN4O. The molecule has 0 radical (unpaired) electrons. The fourth-order valence-electron chi connectivity index (χ4n) is 1.97. The van der Waals surface area contributed by atoms with E-state index in [-0.39, 0.29) is 5.91 Å². The van der Waals surface area contributed by atoms with Crippen molar-refractivity contribution in [2.45, 2.75) is 6.54 Å². The normalized spacial score (nSPS) is 10.5. The summed E-state index contributed by atoms with van der Waals surface area (Å²) in [6.45, 7) is 0.379. The average molecular weight is 392 g/mol. The Morgan fingerprint density at radius 3 is 2.65 bits per heavy atom. The van der Waals surface area contributed by atoms with E-state index in [1.165, 1.54) is 0 Å². The van der Waals surface area contributed by atoms with Gasteiger partial charge in [-0.3, -0.25) is 4.79 Å². The number of nitrogens with zero attached hydrogens (tertiary/aromatic N) is 3. The van der Waals surface area contributed by atoms with Gasteiger partial charge in [0.05, 0.1) is 11.9 Å². The molecule has 0 saturated carbocycles. The van der Waals surface area contributed by atoms with Crippen LogP contribution in [0.15, 0.2) is 59.5 Å². The fourth-order valence-corrected chi connectivity index (χ4v) is 2.33. The van der Waals surface area contributed by atoms with Crippen molar-refractivity contribution >= 4 is 33.4 Å². The van der Waals surface area contributed by atoms with Crippen LogP contribution in [-0.4, -0.2) is 20.7 Å². The molecule has 0 bridgehead atoms. The second kappa shape index (κ2) is 6.93. The van der Waals surface area contributed by atoms with E-state index >= 15 is 0 Å². The van der Waals surface area contributed by atoms with Crippen LogP contribution in [0.5, 0.6) is 0 Å². The molecule has 0 unspecified atom stereocenters. The van der Waals surface area contributed by atoms with Crippen molar-refractivity contribution < 1.29 is 4.79 Å². The highest BCUT2D eigenvalue weighted by Gasteiger charge is 2.08. The van der Waals surface area contributed by atoms with Crippen molar-refractivity contribution in [3.8, 4) is 5.69 Å². The first-order chi connectivity index (χ1) is 11.1. The molecule has 23 heavy (non-hydrogen) atoms. The predicted molar refractivity (Wildman–Crippen MR) is 91.7 cm³/mol. The van der Waals surface area contributed by atoms with Gasteiger partial charge in [0.25, 0.3) is 5.91 Å². The summed E-state index contributed by atoms with van der Waals surface area (Å²) in [6, 6.07) is 10.8. The van der Waals surface area contributed by atoms with E-state index < -0.39 is 0 Å². The van der Waals surface area contributed by atoms with Gasteiger partial charge in [0.2, 0.25) is 0 Å². The van der Waals surface area contributed by atoms with E-state index in [0.29, 0.717) is 17.3 Å². The maximum absolute atomic E-state index is 12.0. The molecule has 0 aliphatic carbocycles. The number of nitrogens with one attached hydrogen (secondary N) is 1. The Bertz CT molecular complexity index is 815. The minimum absolute atomic E-state index is 0.225. The Morgan fingerprint density at radius 1 is 1.17 bits per heavy atom. The van der Waals surface area contributed by atoms with Crippen molar-refractivity contribution in [2.75, 3.05) is 0 Å². The zero-order valence-corrected chi connectivity index (χ0v) is 14.3. The van der Waals surface area contributed by atoms with Crippen LogP contribution in [0.2, 0.25) is 5.02 Å². The predicted octanol–water partition coefficient (Wildman–Crippen LogP) is 3.61. The maximum Gasteiger partial charge on any atom is 0.270 e. The Morgan fingerprint density at radius 2 is 1.96 bits per heavy atom. The number of amides is 1. The zero-order chi connectivity index (χ0) is 16.2. The molecule has 0 fully saturated rings. The number of aromatic nitrogens is 3. The molecule has 0 atom stereocenters. The van der Waals surface area contributed by atoms with Crippen molar-refractivity contribution in [2.24, 2.45) is 0 Å². The second-order valence-electron chi connectivity index (χ2n) is 4.81. The van der Waals surface area contributed by atoms with E-state index in [1.54, 1.807) is 41.3 Å². The maximum atomic E-state index is 12.0. The number of pyridine rings is 1. The van der Waals surface area contributed by atoms with E-state index in [9.17, 15) is 4.79 Å². The number of halogens is 2. The molecule has 2 aromatic heterocycles. The van der Waals surface area contributed by atoms with Crippen molar-refractivity contribution in [1.82, 2.24) is 20.1 Å². The summed E-state index contributed by atoms with van der Waals surface area (Å²) in [5.41, 5.74) is 2.17. The number of hydrogen-bond donors (Lipinski definition) is 1. The Kier molecular flexibility index (Phi) is 4.73. The van der Waals surface area contributed by atoms with Crippen LogP contribution in [0.4, 0.5) is 0 Å². The summed E-state index contributed by atoms with van der Waals surface area (Å²) >= 11 is 9.16. The van der Waals surface area contributed by atoms with Gasteiger partial charge in [-0.05, 0) is 52.3 Å². The van der Waals surface area contributed by atoms with Crippen molar-refractivity contribution in [1.29, 1.82) is 0 Å². The first kappa shape index (κ1) is 15.7. The van der Waals surface area contributed by atoms with Gasteiger partial charge in [0.15, 0.2) is 0 Å². The zero-order valence-electron chi connectivity index (χ0n) is 11.9. The van der Waals surface area contributed by atoms with Crippen LogP contribution in [0, 0.1) is 0 Å². The van der Waals surface area contributed by atoms with Gasteiger partial charge in [0, 0.05) is 34.0 Å². The molecule has 5 nitrogen and oxygen atoms in total. The van der Waals surface area contributed by atoms with Gasteiger partial charge >= 0.3 is 0 Å². The van der Waals surface area contributed by atoms with E-state index in [1.807, 2.05) is 18.3 Å². The Hall–Kier alpha value is -2.18. The summed E-state index contributed by atoms with van der Waals surface area (Å²) in [5.74, 6) is -0.225. The summed E-state index contributed by atoms with van der Waals surface area (Å²) in [7, 11) is 0. The van der Waals surface area contributed by atoms with E-state index in [2.05, 4.69) is 31.3 Å². The van der Waals surface area contributed by atoms with Crippen LogP contribution in [0.1, 0.15) is 16.1 Å². The van der Waals surface area contributed by atoms with Crippen LogP contribution in [0.25, 0.3) is 5.69 Å². The lowest BCUT2D eigenvalue weighted by atomic mass is 10.3. The minimum atomic E-state index is -0.225. The number of benzene rings is 1. The lowest BCUT2D eigenvalue weighted by molar-refractivity contribution is 0.0946. The molecule has 2 heterocycles. The third-order valence-electron chi connectivity index (χ3n) is 3.14. The van der Waals surface area contributed by atoms with E-state index in [0.717, 1.165) is 15.7 Å². The largest absolute Gasteiger partial charge is 0.347 e. The first-order valence-corrected chi connectivity index (χ1v) is 7.98.